The van der Waals surface area contributed by atoms with E-state index in [1.165, 1.54) is 7.11 Å². The van der Waals surface area contributed by atoms with Gasteiger partial charge < -0.3 is 18.9 Å². The van der Waals surface area contributed by atoms with Crippen molar-refractivity contribution in [3.63, 3.8) is 0 Å². The first kappa shape index (κ1) is 16.9. The Labute approximate surface area is 154 Å². The summed E-state index contributed by atoms with van der Waals surface area (Å²) in [6.07, 6.45) is -0.381. The maximum atomic E-state index is 12.9. The Hall–Kier alpha value is -1.96. The van der Waals surface area contributed by atoms with E-state index in [2.05, 4.69) is 22.6 Å². The van der Waals surface area contributed by atoms with E-state index < -0.39 is 0 Å². The molecule has 2 aromatic rings. The van der Waals surface area contributed by atoms with E-state index in [1.54, 1.807) is 26.4 Å². The van der Waals surface area contributed by atoms with Gasteiger partial charge in [-0.05, 0) is 17.7 Å². The highest BCUT2D eigenvalue weighted by atomic mass is 127. The Kier molecular flexibility index (Phi) is 4.84. The largest absolute Gasteiger partial charge is 0.497 e. The van der Waals surface area contributed by atoms with Crippen molar-refractivity contribution in [1.82, 2.24) is 0 Å². The number of hydrogen-bond acceptors (Lipinski definition) is 5. The van der Waals surface area contributed by atoms with Gasteiger partial charge in [-0.15, -0.1) is 0 Å². The summed E-state index contributed by atoms with van der Waals surface area (Å²) in [5.74, 6) is 2.26. The zero-order chi connectivity index (χ0) is 17.3. The third kappa shape index (κ3) is 2.90. The van der Waals surface area contributed by atoms with Crippen LogP contribution >= 0.6 is 22.6 Å². The van der Waals surface area contributed by atoms with Crippen LogP contribution in [0.4, 0.5) is 0 Å². The summed E-state index contributed by atoms with van der Waals surface area (Å²) in [5.41, 5.74) is 1.37. The van der Waals surface area contributed by atoms with Gasteiger partial charge >= 0.3 is 0 Å². The summed E-state index contributed by atoms with van der Waals surface area (Å²) in [7, 11) is 4.71. The molecule has 0 amide bonds. The molecule has 0 unspecified atom stereocenters. The molecule has 126 valence electrons. The third-order valence-electron chi connectivity index (χ3n) is 3.96. The maximum Gasteiger partial charge on any atom is 0.187 e. The van der Waals surface area contributed by atoms with E-state index in [4.69, 9.17) is 18.9 Å². The third-order valence-corrected chi connectivity index (χ3v) is 5.17. The molecule has 1 aliphatic rings. The highest BCUT2D eigenvalue weighted by Gasteiger charge is 2.39. The van der Waals surface area contributed by atoms with E-state index >= 15 is 0 Å². The molecule has 0 bridgehead atoms. The fraction of sp³-hybridized carbons (Fsp3) is 0.278. The van der Waals surface area contributed by atoms with Crippen molar-refractivity contribution in [2.45, 2.75) is 10.0 Å². The molecule has 24 heavy (non-hydrogen) atoms. The van der Waals surface area contributed by atoms with Crippen molar-refractivity contribution >= 4 is 28.4 Å². The lowest BCUT2D eigenvalue weighted by molar-refractivity contribution is 0.0874. The summed E-state index contributed by atoms with van der Waals surface area (Å²) < 4.78 is 21.6. The molecule has 2 aromatic carbocycles. The predicted octanol–water partition coefficient (Wildman–Crippen LogP) is 3.83. The van der Waals surface area contributed by atoms with Gasteiger partial charge in [0.1, 0.15) is 38.6 Å². The Morgan fingerprint density at radius 1 is 0.958 bits per heavy atom. The van der Waals surface area contributed by atoms with E-state index in [9.17, 15) is 4.79 Å². The molecule has 1 aliphatic heterocycles. The second kappa shape index (κ2) is 6.88. The summed E-state index contributed by atoms with van der Waals surface area (Å²) in [6.45, 7) is 0. The number of ketones is 1. The van der Waals surface area contributed by atoms with Gasteiger partial charge in [0.15, 0.2) is 5.78 Å². The normalized spacial score (nSPS) is 19.2. The van der Waals surface area contributed by atoms with Crippen LogP contribution in [0.3, 0.4) is 0 Å². The standard InChI is InChI=1S/C18H17IO5/c1-21-11-6-4-10(5-7-11)18-16(19)17(20)15-13(23-3)8-12(22-2)9-14(15)24-18/h4-9,16,18H,1-3H3/t16-,18-/m1/s1. The first-order valence-electron chi connectivity index (χ1n) is 7.34. The van der Waals surface area contributed by atoms with Gasteiger partial charge in [0.25, 0.3) is 0 Å². The fourth-order valence-electron chi connectivity index (χ4n) is 2.68. The molecule has 2 atom stereocenters. The highest BCUT2D eigenvalue weighted by molar-refractivity contribution is 14.1. The zero-order valence-corrected chi connectivity index (χ0v) is 15.7. The van der Waals surface area contributed by atoms with Crippen LogP contribution in [-0.2, 0) is 0 Å². The van der Waals surface area contributed by atoms with Crippen molar-refractivity contribution in [2.24, 2.45) is 0 Å². The lowest BCUT2D eigenvalue weighted by Crippen LogP contribution is -2.32. The van der Waals surface area contributed by atoms with Crippen LogP contribution in [0.25, 0.3) is 0 Å². The van der Waals surface area contributed by atoms with Crippen LogP contribution in [0.2, 0.25) is 0 Å². The van der Waals surface area contributed by atoms with Crippen LogP contribution < -0.4 is 18.9 Å². The number of carbonyl (C=O) groups excluding carboxylic acids is 1. The number of ether oxygens (including phenoxy) is 4. The zero-order valence-electron chi connectivity index (χ0n) is 13.5. The van der Waals surface area contributed by atoms with Crippen molar-refractivity contribution in [3.05, 3.63) is 47.5 Å². The van der Waals surface area contributed by atoms with Crippen molar-refractivity contribution < 1.29 is 23.7 Å². The first-order chi connectivity index (χ1) is 11.6. The Morgan fingerprint density at radius 3 is 2.21 bits per heavy atom. The van der Waals surface area contributed by atoms with Gasteiger partial charge in [-0.3, -0.25) is 4.79 Å². The van der Waals surface area contributed by atoms with E-state index in [0.29, 0.717) is 22.8 Å². The Bertz CT molecular complexity index is 757. The molecule has 0 aliphatic carbocycles. The summed E-state index contributed by atoms with van der Waals surface area (Å²) in [6, 6.07) is 10.9. The molecule has 0 saturated heterocycles. The average Bonchev–Trinajstić information content (AvgIpc) is 2.63. The maximum absolute atomic E-state index is 12.9. The van der Waals surface area contributed by atoms with Gasteiger partial charge in [-0.25, -0.2) is 0 Å². The molecule has 0 fully saturated rings. The number of methoxy groups -OCH3 is 3. The summed E-state index contributed by atoms with van der Waals surface area (Å²) in [5, 5.41) is 0. The Balaban J connectivity index is 2.04. The minimum atomic E-state index is -0.381. The number of rotatable bonds is 4. The van der Waals surface area contributed by atoms with E-state index in [-0.39, 0.29) is 15.8 Å². The van der Waals surface area contributed by atoms with E-state index in [0.717, 1.165) is 11.3 Å². The number of hydrogen-bond donors (Lipinski definition) is 0. The van der Waals surface area contributed by atoms with Crippen LogP contribution in [0.5, 0.6) is 23.0 Å². The molecule has 5 nitrogen and oxygen atoms in total. The second-order valence-corrected chi connectivity index (χ2v) is 6.62. The topological polar surface area (TPSA) is 54.0 Å². The number of carbonyl (C=O) groups is 1. The van der Waals surface area contributed by atoms with Crippen LogP contribution in [-0.4, -0.2) is 31.0 Å². The summed E-state index contributed by atoms with van der Waals surface area (Å²) in [4.78, 5) is 12.9. The predicted molar refractivity (Wildman–Crippen MR) is 98.0 cm³/mol. The molecular weight excluding hydrogens is 423 g/mol. The molecule has 6 heteroatoms. The highest BCUT2D eigenvalue weighted by Crippen LogP contribution is 2.44. The molecule has 0 radical (unpaired) electrons. The lowest BCUT2D eigenvalue weighted by Gasteiger charge is -2.31. The van der Waals surface area contributed by atoms with Gasteiger partial charge in [-0.1, -0.05) is 34.7 Å². The minimum Gasteiger partial charge on any atom is -0.497 e. The number of alkyl halides is 1. The number of halogens is 1. The average molecular weight is 440 g/mol. The monoisotopic (exact) mass is 440 g/mol. The first-order valence-corrected chi connectivity index (χ1v) is 8.58. The van der Waals surface area contributed by atoms with E-state index in [1.807, 2.05) is 24.3 Å². The SMILES string of the molecule is COc1ccc([C@H]2Oc3cc(OC)cc(OC)c3C(=O)[C@H]2I)cc1. The minimum absolute atomic E-state index is 0.0165. The fourth-order valence-corrected chi connectivity index (χ4v) is 3.56. The quantitative estimate of drug-likeness (QED) is 0.535. The van der Waals surface area contributed by atoms with Crippen LogP contribution in [0, 0.1) is 0 Å². The smallest absolute Gasteiger partial charge is 0.187 e. The number of Topliss-reactive ketones (excluding diaryl/α,β-unsaturated/α-hetero) is 1. The summed E-state index contributed by atoms with van der Waals surface area (Å²) >= 11 is 2.12. The van der Waals surface area contributed by atoms with Gasteiger partial charge in [0.2, 0.25) is 0 Å². The van der Waals surface area contributed by atoms with Gasteiger partial charge in [0.05, 0.1) is 21.3 Å². The van der Waals surface area contributed by atoms with Crippen molar-refractivity contribution in [1.29, 1.82) is 0 Å². The molecular formula is C18H17IO5. The van der Waals surface area contributed by atoms with Crippen LogP contribution in [0.1, 0.15) is 22.0 Å². The van der Waals surface area contributed by atoms with Gasteiger partial charge in [0, 0.05) is 12.1 Å². The van der Waals surface area contributed by atoms with Gasteiger partial charge in [-0.2, -0.15) is 0 Å². The number of benzene rings is 2. The molecule has 1 heterocycles. The molecule has 0 aromatic heterocycles. The van der Waals surface area contributed by atoms with Crippen LogP contribution in [0.15, 0.2) is 36.4 Å². The second-order valence-electron chi connectivity index (χ2n) is 5.28. The van der Waals surface area contributed by atoms with Crippen molar-refractivity contribution in [3.8, 4) is 23.0 Å². The molecule has 3 rings (SSSR count). The van der Waals surface area contributed by atoms with Crippen molar-refractivity contribution in [2.75, 3.05) is 21.3 Å². The number of fused-ring (bicyclic) bond motifs is 1. The Morgan fingerprint density at radius 2 is 1.62 bits per heavy atom. The molecule has 0 saturated carbocycles. The lowest BCUT2D eigenvalue weighted by atomic mass is 9.95. The molecule has 0 N–H and O–H groups in total. The molecule has 0 spiro atoms.